The van der Waals surface area contributed by atoms with Crippen molar-refractivity contribution in [1.82, 2.24) is 0 Å². The second-order valence-electron chi connectivity index (χ2n) is 7.40. The van der Waals surface area contributed by atoms with Crippen molar-refractivity contribution in [3.05, 3.63) is 23.8 Å². The lowest BCUT2D eigenvalue weighted by Crippen LogP contribution is -2.40. The zero-order chi connectivity index (χ0) is 16.3. The summed E-state index contributed by atoms with van der Waals surface area (Å²) in [7, 11) is 0. The van der Waals surface area contributed by atoms with Gasteiger partial charge in [-0.15, -0.1) is 0 Å². The van der Waals surface area contributed by atoms with Crippen LogP contribution in [-0.2, 0) is 0 Å². The van der Waals surface area contributed by atoms with E-state index in [9.17, 15) is 10.2 Å². The van der Waals surface area contributed by atoms with Gasteiger partial charge in [-0.1, -0.05) is 20.8 Å². The highest BCUT2D eigenvalue weighted by Gasteiger charge is 2.40. The number of hydrogen-bond acceptors (Lipinski definition) is 4. The van der Waals surface area contributed by atoms with Gasteiger partial charge in [-0.3, -0.25) is 0 Å². The first-order chi connectivity index (χ1) is 9.55. The molecule has 120 valence electrons. The smallest absolute Gasteiger partial charge is 0.119 e. The molecule has 2 rings (SSSR count). The minimum Gasteiger partial charge on any atom is -0.508 e. The second-order valence-corrected chi connectivity index (χ2v) is 7.40. The van der Waals surface area contributed by atoms with Crippen molar-refractivity contribution in [3.63, 3.8) is 0 Å². The number of aryl methyl sites for hydroxylation is 1. The number of benzene rings is 1. The van der Waals surface area contributed by atoms with E-state index in [4.69, 9.17) is 10.2 Å². The van der Waals surface area contributed by atoms with E-state index < -0.39 is 0 Å². The Morgan fingerprint density at radius 1 is 1.05 bits per heavy atom. The molecule has 1 saturated carbocycles. The van der Waals surface area contributed by atoms with Crippen molar-refractivity contribution < 1.29 is 20.4 Å². The van der Waals surface area contributed by atoms with Crippen LogP contribution in [0.2, 0.25) is 0 Å². The van der Waals surface area contributed by atoms with E-state index in [0.717, 1.165) is 24.8 Å². The SMILES string of the molecule is CC1(C)CC(O)CC(C)(CO)C1.Cc1cc(O)cc(O)c1. The Morgan fingerprint density at radius 2 is 1.57 bits per heavy atom. The Kier molecular flexibility index (Phi) is 5.65. The molecular formula is C17H28O4. The first-order valence-electron chi connectivity index (χ1n) is 7.34. The topological polar surface area (TPSA) is 80.9 Å². The number of phenolic OH excluding ortho intramolecular Hbond substituents is 2. The van der Waals surface area contributed by atoms with E-state index >= 15 is 0 Å². The number of rotatable bonds is 1. The van der Waals surface area contributed by atoms with Crippen LogP contribution in [0, 0.1) is 17.8 Å². The van der Waals surface area contributed by atoms with Gasteiger partial charge in [0.25, 0.3) is 0 Å². The average molecular weight is 296 g/mol. The summed E-state index contributed by atoms with van der Waals surface area (Å²) in [6, 6.07) is 4.46. The highest BCUT2D eigenvalue weighted by molar-refractivity contribution is 5.35. The van der Waals surface area contributed by atoms with Gasteiger partial charge in [-0.2, -0.15) is 0 Å². The van der Waals surface area contributed by atoms with Crippen LogP contribution in [0.3, 0.4) is 0 Å². The summed E-state index contributed by atoms with van der Waals surface area (Å²) in [6.07, 6.45) is 2.38. The summed E-state index contributed by atoms with van der Waals surface area (Å²) in [4.78, 5) is 0. The van der Waals surface area contributed by atoms with E-state index in [1.54, 1.807) is 19.1 Å². The van der Waals surface area contributed by atoms with Crippen LogP contribution in [0.5, 0.6) is 11.5 Å². The molecule has 1 aliphatic carbocycles. The minimum atomic E-state index is -0.231. The fourth-order valence-corrected chi connectivity index (χ4v) is 3.44. The molecule has 0 spiro atoms. The number of phenols is 2. The van der Waals surface area contributed by atoms with E-state index in [2.05, 4.69) is 20.8 Å². The third kappa shape index (κ3) is 5.94. The Labute approximate surface area is 127 Å². The Morgan fingerprint density at radius 3 is 1.95 bits per heavy atom. The molecule has 0 bridgehead atoms. The molecular weight excluding hydrogens is 268 g/mol. The normalized spacial score (nSPS) is 27.6. The predicted octanol–water partition coefficient (Wildman–Crippen LogP) is 2.96. The second kappa shape index (κ2) is 6.67. The van der Waals surface area contributed by atoms with Gasteiger partial charge in [-0.05, 0) is 54.7 Å². The molecule has 0 saturated heterocycles. The van der Waals surface area contributed by atoms with E-state index in [-0.39, 0.29) is 35.0 Å². The third-order valence-electron chi connectivity index (χ3n) is 3.85. The summed E-state index contributed by atoms with van der Waals surface area (Å²) in [5.74, 6) is 0.208. The van der Waals surface area contributed by atoms with Gasteiger partial charge >= 0.3 is 0 Å². The number of aliphatic hydroxyl groups is 2. The van der Waals surface area contributed by atoms with Gasteiger partial charge < -0.3 is 20.4 Å². The molecule has 0 radical (unpaired) electrons. The predicted molar refractivity (Wildman–Crippen MR) is 83.3 cm³/mol. The molecule has 1 aliphatic rings. The highest BCUT2D eigenvalue weighted by Crippen LogP contribution is 2.45. The van der Waals surface area contributed by atoms with Gasteiger partial charge in [0.15, 0.2) is 0 Å². The Hall–Kier alpha value is -1.26. The lowest BCUT2D eigenvalue weighted by Gasteiger charge is -2.44. The molecule has 1 aromatic carbocycles. The van der Waals surface area contributed by atoms with Gasteiger partial charge in [0.05, 0.1) is 6.10 Å². The molecule has 2 unspecified atom stereocenters. The van der Waals surface area contributed by atoms with Crippen LogP contribution >= 0.6 is 0 Å². The third-order valence-corrected chi connectivity index (χ3v) is 3.85. The number of aromatic hydroxyl groups is 2. The first kappa shape index (κ1) is 17.8. The fraction of sp³-hybridized carbons (Fsp3) is 0.647. The summed E-state index contributed by atoms with van der Waals surface area (Å²) >= 11 is 0. The largest absolute Gasteiger partial charge is 0.508 e. The van der Waals surface area contributed by atoms with Gasteiger partial charge in [0.2, 0.25) is 0 Å². The van der Waals surface area contributed by atoms with Crippen LogP contribution in [-0.4, -0.2) is 33.1 Å². The van der Waals surface area contributed by atoms with Crippen molar-refractivity contribution in [2.24, 2.45) is 10.8 Å². The molecule has 4 nitrogen and oxygen atoms in total. The van der Waals surface area contributed by atoms with Crippen molar-refractivity contribution in [2.45, 2.75) is 53.1 Å². The number of hydrogen-bond donors (Lipinski definition) is 4. The minimum absolute atomic E-state index is 0.0683. The maximum absolute atomic E-state index is 9.60. The summed E-state index contributed by atoms with van der Waals surface area (Å²) in [5.41, 5.74) is 0.962. The Bertz CT molecular complexity index is 419. The molecule has 4 heteroatoms. The maximum Gasteiger partial charge on any atom is 0.119 e. The van der Waals surface area contributed by atoms with Crippen molar-refractivity contribution >= 4 is 0 Å². The zero-order valence-corrected chi connectivity index (χ0v) is 13.4. The lowest BCUT2D eigenvalue weighted by atomic mass is 9.64. The highest BCUT2D eigenvalue weighted by atomic mass is 16.3. The average Bonchev–Trinajstić information content (AvgIpc) is 2.24. The van der Waals surface area contributed by atoms with Crippen LogP contribution in [0.15, 0.2) is 18.2 Å². The van der Waals surface area contributed by atoms with Crippen molar-refractivity contribution in [1.29, 1.82) is 0 Å². The van der Waals surface area contributed by atoms with Crippen LogP contribution in [0.1, 0.15) is 45.6 Å². The molecule has 21 heavy (non-hydrogen) atoms. The Balaban J connectivity index is 0.000000219. The molecule has 0 aliphatic heterocycles. The van der Waals surface area contributed by atoms with Crippen LogP contribution in [0.4, 0.5) is 0 Å². The summed E-state index contributed by atoms with van der Waals surface area (Å²) in [5, 5.41) is 36.5. The zero-order valence-electron chi connectivity index (χ0n) is 13.4. The monoisotopic (exact) mass is 296 g/mol. The molecule has 1 aromatic rings. The van der Waals surface area contributed by atoms with E-state index in [0.29, 0.717) is 0 Å². The fourth-order valence-electron chi connectivity index (χ4n) is 3.44. The standard InChI is InChI=1S/C10H20O2.C7H8O2/c1-9(2)4-8(12)5-10(3,6-9)7-11;1-5-2-6(8)4-7(9)3-5/h8,11-12H,4-7H2,1-3H3;2-4,8-9H,1H3. The van der Waals surface area contributed by atoms with Crippen molar-refractivity contribution in [2.75, 3.05) is 6.61 Å². The molecule has 2 atom stereocenters. The molecule has 0 amide bonds. The van der Waals surface area contributed by atoms with Crippen LogP contribution < -0.4 is 0 Å². The van der Waals surface area contributed by atoms with Crippen LogP contribution in [0.25, 0.3) is 0 Å². The number of aliphatic hydroxyl groups excluding tert-OH is 2. The molecule has 4 N–H and O–H groups in total. The van der Waals surface area contributed by atoms with E-state index in [1.165, 1.54) is 6.07 Å². The maximum atomic E-state index is 9.60. The molecule has 1 fully saturated rings. The summed E-state index contributed by atoms with van der Waals surface area (Å²) in [6.45, 7) is 8.36. The van der Waals surface area contributed by atoms with E-state index in [1.807, 2.05) is 0 Å². The van der Waals surface area contributed by atoms with Gasteiger partial charge in [-0.25, -0.2) is 0 Å². The molecule has 0 heterocycles. The first-order valence-corrected chi connectivity index (χ1v) is 7.34. The van der Waals surface area contributed by atoms with Crippen molar-refractivity contribution in [3.8, 4) is 11.5 Å². The summed E-state index contributed by atoms with van der Waals surface area (Å²) < 4.78 is 0. The quantitative estimate of drug-likeness (QED) is 0.642. The van der Waals surface area contributed by atoms with Gasteiger partial charge in [0, 0.05) is 12.7 Å². The lowest BCUT2D eigenvalue weighted by molar-refractivity contribution is -0.0349. The molecule has 0 aromatic heterocycles. The van der Waals surface area contributed by atoms with Gasteiger partial charge in [0.1, 0.15) is 11.5 Å².